The van der Waals surface area contributed by atoms with Gasteiger partial charge in [-0.1, -0.05) is 38.2 Å². The normalized spacial score (nSPS) is 20.4. The lowest BCUT2D eigenvalue weighted by molar-refractivity contribution is -0.121. The molecule has 1 amide bonds. The predicted molar refractivity (Wildman–Crippen MR) is 105 cm³/mol. The quantitative estimate of drug-likeness (QED) is 0.702. The molecule has 0 spiro atoms. The van der Waals surface area contributed by atoms with Crippen LogP contribution in [0.15, 0.2) is 18.2 Å². The Morgan fingerprint density at radius 2 is 2.00 bits per heavy atom. The lowest BCUT2D eigenvalue weighted by Gasteiger charge is -2.21. The van der Waals surface area contributed by atoms with Gasteiger partial charge in [0.05, 0.1) is 13.2 Å². The van der Waals surface area contributed by atoms with Gasteiger partial charge in [0.1, 0.15) is 6.61 Å². The van der Waals surface area contributed by atoms with Gasteiger partial charge < -0.3 is 19.5 Å². The number of rotatable bonds is 9. The molecule has 27 heavy (non-hydrogen) atoms. The van der Waals surface area contributed by atoms with E-state index in [0.717, 1.165) is 43.1 Å². The molecule has 1 aliphatic carbocycles. The van der Waals surface area contributed by atoms with E-state index in [1.165, 1.54) is 32.1 Å². The van der Waals surface area contributed by atoms with Crippen LogP contribution >= 0.6 is 0 Å². The largest absolute Gasteiger partial charge is 0.493 e. The summed E-state index contributed by atoms with van der Waals surface area (Å²) in [5.74, 6) is 2.30. The highest BCUT2D eigenvalue weighted by atomic mass is 16.5. The molecule has 0 bridgehead atoms. The summed E-state index contributed by atoms with van der Waals surface area (Å²) >= 11 is 0. The van der Waals surface area contributed by atoms with Gasteiger partial charge in [0.25, 0.3) is 0 Å². The fourth-order valence-electron chi connectivity index (χ4n) is 4.00. The molecule has 0 aromatic heterocycles. The van der Waals surface area contributed by atoms with Crippen molar-refractivity contribution in [1.29, 1.82) is 0 Å². The molecule has 1 aromatic rings. The van der Waals surface area contributed by atoms with Crippen molar-refractivity contribution in [2.75, 3.05) is 20.3 Å². The monoisotopic (exact) mass is 375 g/mol. The second-order valence-corrected chi connectivity index (χ2v) is 7.75. The fraction of sp³-hybridized carbons (Fsp3) is 0.682. The first-order chi connectivity index (χ1) is 13.2. The number of ether oxygens (including phenoxy) is 3. The van der Waals surface area contributed by atoms with Crippen LogP contribution in [0, 0.1) is 5.92 Å². The Morgan fingerprint density at radius 1 is 1.15 bits per heavy atom. The van der Waals surface area contributed by atoms with Crippen LogP contribution in [0.2, 0.25) is 0 Å². The van der Waals surface area contributed by atoms with E-state index in [1.807, 2.05) is 18.2 Å². The molecule has 5 nitrogen and oxygen atoms in total. The Labute approximate surface area is 162 Å². The topological polar surface area (TPSA) is 56.8 Å². The zero-order valence-electron chi connectivity index (χ0n) is 16.5. The van der Waals surface area contributed by atoms with Gasteiger partial charge in [-0.25, -0.2) is 0 Å². The molecule has 2 aliphatic rings. The molecule has 3 rings (SSSR count). The average molecular weight is 376 g/mol. The van der Waals surface area contributed by atoms with E-state index < -0.39 is 0 Å². The van der Waals surface area contributed by atoms with Crippen LogP contribution in [0.25, 0.3) is 0 Å². The highest BCUT2D eigenvalue weighted by molar-refractivity contribution is 5.75. The Kier molecular flexibility index (Phi) is 7.81. The van der Waals surface area contributed by atoms with Crippen LogP contribution in [0.4, 0.5) is 0 Å². The van der Waals surface area contributed by atoms with Crippen LogP contribution in [0.3, 0.4) is 0 Å². The maximum Gasteiger partial charge on any atom is 0.220 e. The summed E-state index contributed by atoms with van der Waals surface area (Å²) in [4.78, 5) is 12.1. The van der Waals surface area contributed by atoms with E-state index in [-0.39, 0.29) is 12.0 Å². The second kappa shape index (κ2) is 10.5. The van der Waals surface area contributed by atoms with Gasteiger partial charge in [-0.05, 0) is 42.9 Å². The number of amides is 1. The number of hydrogen-bond donors (Lipinski definition) is 1. The molecule has 1 aliphatic heterocycles. The summed E-state index contributed by atoms with van der Waals surface area (Å²) in [5.41, 5.74) is 1.02. The summed E-state index contributed by atoms with van der Waals surface area (Å²) < 4.78 is 16.9. The molecule has 0 radical (unpaired) electrons. The van der Waals surface area contributed by atoms with Crippen molar-refractivity contribution >= 4 is 5.91 Å². The lowest BCUT2D eigenvalue weighted by atomic mass is 9.86. The molecule has 1 aromatic carbocycles. The van der Waals surface area contributed by atoms with Gasteiger partial charge in [0.2, 0.25) is 5.91 Å². The minimum Gasteiger partial charge on any atom is -0.493 e. The van der Waals surface area contributed by atoms with Gasteiger partial charge in [-0.3, -0.25) is 4.79 Å². The number of nitrogens with one attached hydrogen (secondary N) is 1. The van der Waals surface area contributed by atoms with Crippen molar-refractivity contribution in [3.05, 3.63) is 23.8 Å². The Hall–Kier alpha value is -1.75. The SMILES string of the molecule is COc1cc(CNC(=O)CCC2CCCCC2)ccc1OC[C@H]1CCCO1. The second-order valence-electron chi connectivity index (χ2n) is 7.75. The van der Waals surface area contributed by atoms with Gasteiger partial charge >= 0.3 is 0 Å². The van der Waals surface area contributed by atoms with E-state index in [2.05, 4.69) is 5.32 Å². The van der Waals surface area contributed by atoms with Crippen molar-refractivity contribution in [3.8, 4) is 11.5 Å². The Bertz CT molecular complexity index is 592. The van der Waals surface area contributed by atoms with E-state index >= 15 is 0 Å². The van der Waals surface area contributed by atoms with Crippen molar-refractivity contribution in [3.63, 3.8) is 0 Å². The summed E-state index contributed by atoms with van der Waals surface area (Å²) in [7, 11) is 1.64. The molecule has 150 valence electrons. The third kappa shape index (κ3) is 6.42. The zero-order valence-corrected chi connectivity index (χ0v) is 16.5. The number of hydrogen-bond acceptors (Lipinski definition) is 4. The van der Waals surface area contributed by atoms with Crippen molar-refractivity contribution < 1.29 is 19.0 Å². The molecule has 1 N–H and O–H groups in total. The van der Waals surface area contributed by atoms with Crippen LogP contribution in [0.1, 0.15) is 63.4 Å². The Morgan fingerprint density at radius 3 is 2.74 bits per heavy atom. The number of benzene rings is 1. The van der Waals surface area contributed by atoms with Crippen molar-refractivity contribution in [1.82, 2.24) is 5.32 Å². The van der Waals surface area contributed by atoms with E-state index in [1.54, 1.807) is 7.11 Å². The lowest BCUT2D eigenvalue weighted by Crippen LogP contribution is -2.23. The Balaban J connectivity index is 1.42. The van der Waals surface area contributed by atoms with Crippen molar-refractivity contribution in [2.45, 2.75) is 70.4 Å². The molecular formula is C22H33NO4. The van der Waals surface area contributed by atoms with Crippen LogP contribution in [-0.4, -0.2) is 32.3 Å². The minimum atomic E-state index is 0.137. The summed E-state index contributed by atoms with van der Waals surface area (Å²) in [6.45, 7) is 1.89. The summed E-state index contributed by atoms with van der Waals surface area (Å²) in [5, 5.41) is 3.03. The molecule has 5 heteroatoms. The molecule has 1 heterocycles. The van der Waals surface area contributed by atoms with Crippen LogP contribution in [0.5, 0.6) is 11.5 Å². The standard InChI is InChI=1S/C22H33NO4/c1-25-21-14-18(9-11-20(21)27-16-19-8-5-13-26-19)15-23-22(24)12-10-17-6-3-2-4-7-17/h9,11,14,17,19H,2-8,10,12-13,15-16H2,1H3,(H,23,24)/t19-/m1/s1. The number of carbonyl (C=O) groups excluding carboxylic acids is 1. The minimum absolute atomic E-state index is 0.137. The molecular weight excluding hydrogens is 342 g/mol. The van der Waals surface area contributed by atoms with Gasteiger partial charge in [-0.2, -0.15) is 0 Å². The van der Waals surface area contributed by atoms with E-state index in [9.17, 15) is 4.79 Å². The maximum absolute atomic E-state index is 12.1. The van der Waals surface area contributed by atoms with Gasteiger partial charge in [-0.15, -0.1) is 0 Å². The van der Waals surface area contributed by atoms with Gasteiger partial charge in [0, 0.05) is 19.6 Å². The first-order valence-electron chi connectivity index (χ1n) is 10.4. The summed E-state index contributed by atoms with van der Waals surface area (Å²) in [6.07, 6.45) is 10.6. The molecule has 1 atom stereocenters. The smallest absolute Gasteiger partial charge is 0.220 e. The third-order valence-electron chi connectivity index (χ3n) is 5.67. The van der Waals surface area contributed by atoms with Crippen molar-refractivity contribution in [2.24, 2.45) is 5.92 Å². The highest BCUT2D eigenvalue weighted by Crippen LogP contribution is 2.29. The average Bonchev–Trinajstić information content (AvgIpc) is 3.24. The number of carbonyl (C=O) groups is 1. The predicted octanol–water partition coefficient (Wildman–Crippen LogP) is 4.23. The molecule has 0 unspecified atom stereocenters. The zero-order chi connectivity index (χ0) is 18.9. The molecule has 1 saturated carbocycles. The maximum atomic E-state index is 12.1. The molecule has 1 saturated heterocycles. The number of methoxy groups -OCH3 is 1. The van der Waals surface area contributed by atoms with Crippen LogP contribution < -0.4 is 14.8 Å². The van der Waals surface area contributed by atoms with E-state index in [0.29, 0.717) is 25.3 Å². The highest BCUT2D eigenvalue weighted by Gasteiger charge is 2.17. The first kappa shape index (κ1) is 20.0. The van der Waals surface area contributed by atoms with E-state index in [4.69, 9.17) is 14.2 Å². The first-order valence-corrected chi connectivity index (χ1v) is 10.4. The summed E-state index contributed by atoms with van der Waals surface area (Å²) in [6, 6.07) is 5.83. The van der Waals surface area contributed by atoms with Crippen LogP contribution in [-0.2, 0) is 16.1 Å². The van der Waals surface area contributed by atoms with Gasteiger partial charge in [0.15, 0.2) is 11.5 Å². The molecule has 2 fully saturated rings. The third-order valence-corrected chi connectivity index (χ3v) is 5.67. The fourth-order valence-corrected chi connectivity index (χ4v) is 4.00.